The summed E-state index contributed by atoms with van der Waals surface area (Å²) < 4.78 is 59.8. The van der Waals surface area contributed by atoms with Crippen molar-refractivity contribution in [2.24, 2.45) is 39.5 Å². The van der Waals surface area contributed by atoms with E-state index in [0.717, 1.165) is 57.7 Å². The number of nitrogens with zero attached hydrogens (tertiary/aromatic N) is 4. The first-order chi connectivity index (χ1) is 48.8. The third-order valence-corrected chi connectivity index (χ3v) is 18.2. The highest BCUT2D eigenvalue weighted by atomic mass is 14.9. The van der Waals surface area contributed by atoms with Gasteiger partial charge in [0.15, 0.2) is 24.8 Å². The number of rotatable bonds is 13. The maximum absolute atomic E-state index is 8.87. The Morgan fingerprint density at radius 3 is 1.05 bits per heavy atom. The molecule has 0 amide bonds. The Hall–Kier alpha value is -9.64. The summed E-state index contributed by atoms with van der Waals surface area (Å²) in [6.07, 6.45) is 9.61. The molecule has 0 N–H and O–H groups in total. The van der Waals surface area contributed by atoms with E-state index in [1.807, 2.05) is 148 Å². The first-order valence-electron chi connectivity index (χ1n) is 37.5. The van der Waals surface area contributed by atoms with Crippen LogP contribution in [0.1, 0.15) is 139 Å². The number of aryl methyl sites for hydroxylation is 8. The molecular weight excluding hydrogens is 1170 g/mol. The van der Waals surface area contributed by atoms with E-state index in [1.54, 1.807) is 0 Å². The second-order valence-corrected chi connectivity index (χ2v) is 27.7. The molecular formula is C93H104N4+4. The number of benzene rings is 8. The molecule has 1 aliphatic rings. The van der Waals surface area contributed by atoms with Crippen LogP contribution in [-0.4, -0.2) is 0 Å². The summed E-state index contributed by atoms with van der Waals surface area (Å²) in [7, 11) is 8.18. The molecule has 0 radical (unpaired) electrons. The maximum Gasteiger partial charge on any atom is 0.212 e. The highest BCUT2D eigenvalue weighted by Gasteiger charge is 2.24. The lowest BCUT2D eigenvalue weighted by Crippen LogP contribution is -2.31. The summed E-state index contributed by atoms with van der Waals surface area (Å²) in [5, 5.41) is 0. The van der Waals surface area contributed by atoms with E-state index in [4.69, 9.17) is 8.22 Å². The molecule has 1 fully saturated rings. The molecule has 1 saturated carbocycles. The normalized spacial score (nSPS) is 13.8. The van der Waals surface area contributed by atoms with Gasteiger partial charge in [-0.15, -0.1) is 0 Å². The van der Waals surface area contributed by atoms with E-state index >= 15 is 0 Å². The van der Waals surface area contributed by atoms with Crippen molar-refractivity contribution in [1.82, 2.24) is 0 Å². The van der Waals surface area contributed by atoms with Gasteiger partial charge < -0.3 is 0 Å². The number of aromatic nitrogens is 4. The summed E-state index contributed by atoms with van der Waals surface area (Å²) in [5.41, 5.74) is 26.7. The molecule has 0 spiro atoms. The molecule has 0 unspecified atom stereocenters. The zero-order chi connectivity index (χ0) is 74.2. The van der Waals surface area contributed by atoms with E-state index in [0.29, 0.717) is 5.56 Å². The third-order valence-electron chi connectivity index (χ3n) is 18.2. The van der Waals surface area contributed by atoms with Crippen molar-refractivity contribution in [2.75, 3.05) is 0 Å². The molecule has 4 aromatic heterocycles. The summed E-state index contributed by atoms with van der Waals surface area (Å²) >= 11 is 0. The first kappa shape index (κ1) is 62.2. The maximum atomic E-state index is 8.87. The molecule has 0 saturated heterocycles. The van der Waals surface area contributed by atoms with Crippen molar-refractivity contribution in [1.29, 1.82) is 0 Å². The first-order valence-corrected chi connectivity index (χ1v) is 34.5. The lowest BCUT2D eigenvalue weighted by atomic mass is 9.87. The van der Waals surface area contributed by atoms with Gasteiger partial charge in [-0.2, -0.15) is 0 Å². The molecule has 0 bridgehead atoms. The van der Waals surface area contributed by atoms with Crippen molar-refractivity contribution in [3.63, 3.8) is 0 Å². The van der Waals surface area contributed by atoms with Crippen LogP contribution in [0.3, 0.4) is 0 Å². The van der Waals surface area contributed by atoms with Crippen LogP contribution >= 0.6 is 0 Å². The van der Waals surface area contributed by atoms with Gasteiger partial charge in [0.25, 0.3) is 0 Å². The molecule has 4 heterocycles. The second-order valence-electron chi connectivity index (χ2n) is 27.7. The molecule has 492 valence electrons. The number of hydrogen-bond acceptors (Lipinski definition) is 0. The zero-order valence-electron chi connectivity index (χ0n) is 66.1. The van der Waals surface area contributed by atoms with Crippen molar-refractivity contribution >= 4 is 0 Å². The topological polar surface area (TPSA) is 15.5 Å². The molecule has 1 aliphatic carbocycles. The standard InChI is InChI=1S/C24H26N.C24H28N.C23H26N.C22H24N/c1-18-12-13-21(19-8-4-3-5-9-19)16-23(18)24-17-22(14-15-25(24)2)20-10-6-7-11-20;1-18-11-12-21(20-9-7-6-8-10-20)16-22(18)23-15-19(13-14-25(23)5)17-24(2,3)4;1-17(2)14-19-12-13-24(4)23(15-19)22-16-21(11-10-18(22)3)20-8-6-5-7-9-20;1-16(2)19-12-13-23(4)22(15-19)21-14-20(11-10-17(21)3)18-8-6-5-7-9-18/h3-5,8-9,12-17,20H,6-7,10-11H2,1-2H3;6-16H,17H2,1-5H3;5-13,15-17H,14H2,1-4H3;5-16H,1-4H3/q4*+1/i20D;17D2;14D2;16D. The Morgan fingerprint density at radius 1 is 0.381 bits per heavy atom. The number of pyridine rings is 4. The van der Waals surface area contributed by atoms with Crippen molar-refractivity contribution in [2.45, 2.75) is 126 Å². The van der Waals surface area contributed by atoms with Gasteiger partial charge in [-0.25, -0.2) is 18.3 Å². The lowest BCUT2D eigenvalue weighted by Gasteiger charge is -2.18. The Kier molecular flexibility index (Phi) is 20.8. The quantitative estimate of drug-likeness (QED) is 0.102. The van der Waals surface area contributed by atoms with Gasteiger partial charge in [-0.3, -0.25) is 0 Å². The Balaban J connectivity index is 0.000000148. The fourth-order valence-corrected chi connectivity index (χ4v) is 12.7. The minimum absolute atomic E-state index is 0.0835. The van der Waals surface area contributed by atoms with Crippen LogP contribution in [0.25, 0.3) is 89.5 Å². The smallest absolute Gasteiger partial charge is 0.201 e. The Morgan fingerprint density at radius 2 is 0.701 bits per heavy atom. The van der Waals surface area contributed by atoms with Gasteiger partial charge in [-0.1, -0.05) is 231 Å². The Bertz CT molecular complexity index is 4750. The van der Waals surface area contributed by atoms with Crippen molar-refractivity contribution < 1.29 is 26.5 Å². The monoisotopic (exact) mass is 1280 g/mol. The van der Waals surface area contributed by atoms with Gasteiger partial charge in [0.1, 0.15) is 28.2 Å². The van der Waals surface area contributed by atoms with Gasteiger partial charge in [-0.05, 0) is 190 Å². The fourth-order valence-electron chi connectivity index (χ4n) is 12.7. The predicted octanol–water partition coefficient (Wildman–Crippen LogP) is 22.2. The van der Waals surface area contributed by atoms with Crippen LogP contribution < -0.4 is 18.3 Å². The minimum atomic E-state index is -1.42. The largest absolute Gasteiger partial charge is 0.212 e. The van der Waals surface area contributed by atoms with Gasteiger partial charge in [0, 0.05) is 79.0 Å². The molecule has 13 rings (SSSR count). The van der Waals surface area contributed by atoms with Crippen LogP contribution in [0.5, 0.6) is 0 Å². The van der Waals surface area contributed by atoms with E-state index in [2.05, 4.69) is 242 Å². The van der Waals surface area contributed by atoms with E-state index in [-0.39, 0.29) is 5.92 Å². The average Bonchev–Trinajstić information content (AvgIpc) is 1.74. The predicted molar refractivity (Wildman–Crippen MR) is 410 cm³/mol. The van der Waals surface area contributed by atoms with Crippen LogP contribution in [0.4, 0.5) is 0 Å². The summed E-state index contributed by atoms with van der Waals surface area (Å²) in [6, 6.07) is 84.3. The van der Waals surface area contributed by atoms with Crippen LogP contribution in [0.2, 0.25) is 0 Å². The molecule has 8 aromatic carbocycles. The molecule has 12 aromatic rings. The lowest BCUT2D eigenvalue weighted by molar-refractivity contribution is -0.660. The van der Waals surface area contributed by atoms with Crippen LogP contribution in [0, 0.1) is 39.0 Å². The van der Waals surface area contributed by atoms with Gasteiger partial charge >= 0.3 is 0 Å². The molecule has 0 aliphatic heterocycles. The van der Waals surface area contributed by atoms with E-state index in [1.165, 1.54) is 96.4 Å². The summed E-state index contributed by atoms with van der Waals surface area (Å²) in [5.74, 6) is -1.10. The SMILES string of the molecule is [2H]C(C)(C)c1cc[n+](C)c(-c2cc(-c3ccccc3)ccc2C)c1.[2H]C([2H])(c1cc[n+](C)c(-c2cc(-c3ccccc3)ccc2C)c1)C(C)(C)C.[2H]C([2H])(c1cc[n+](C)c(-c2cc(-c3ccccc3)ccc2C)c1)C(C)C.[2H]C1(c2cc[n+](C)c(-c3cc(-c4ccccc4)ccc3C)c2)CCCC1. The van der Waals surface area contributed by atoms with Crippen molar-refractivity contribution in [3.05, 3.63) is 312 Å². The highest BCUT2D eigenvalue weighted by Crippen LogP contribution is 2.37. The average molecular weight is 1280 g/mol. The molecule has 4 nitrogen and oxygen atoms in total. The summed E-state index contributed by atoms with van der Waals surface area (Å²) in [6.45, 7) is 22.1. The summed E-state index contributed by atoms with van der Waals surface area (Å²) in [4.78, 5) is 0. The Labute approximate surface area is 590 Å². The molecule has 0 atom stereocenters. The molecule has 4 heteroatoms. The zero-order valence-corrected chi connectivity index (χ0v) is 60.1. The molecule has 97 heavy (non-hydrogen) atoms. The number of hydrogen-bond donors (Lipinski definition) is 0. The van der Waals surface area contributed by atoms with Gasteiger partial charge in [0.2, 0.25) is 22.8 Å². The van der Waals surface area contributed by atoms with Crippen LogP contribution in [0.15, 0.2) is 267 Å². The fraction of sp³-hybridized carbons (Fsp3) is 0.269. The van der Waals surface area contributed by atoms with Crippen LogP contribution in [-0.2, 0) is 40.9 Å². The van der Waals surface area contributed by atoms with E-state index < -0.39 is 29.9 Å². The van der Waals surface area contributed by atoms with Crippen molar-refractivity contribution in [3.8, 4) is 89.5 Å². The van der Waals surface area contributed by atoms with E-state index in [9.17, 15) is 0 Å². The highest BCUT2D eigenvalue weighted by molar-refractivity contribution is 5.77. The third kappa shape index (κ3) is 18.5. The van der Waals surface area contributed by atoms with Gasteiger partial charge in [0.05, 0.1) is 0 Å². The second kappa shape index (κ2) is 32.4. The minimum Gasteiger partial charge on any atom is -0.201 e.